The van der Waals surface area contributed by atoms with E-state index >= 15 is 0 Å². The van der Waals surface area contributed by atoms with Crippen LogP contribution in [0.25, 0.3) is 0 Å². The summed E-state index contributed by atoms with van der Waals surface area (Å²) < 4.78 is 0. The van der Waals surface area contributed by atoms with Crippen molar-refractivity contribution < 1.29 is 19.5 Å². The van der Waals surface area contributed by atoms with Crippen molar-refractivity contribution in [1.82, 2.24) is 16.0 Å². The summed E-state index contributed by atoms with van der Waals surface area (Å²) in [5.41, 5.74) is -0.334. The Hall–Kier alpha value is -1.79. The molecule has 0 spiro atoms. The molecule has 1 atom stereocenters. The SMILES string of the molecule is CC(CCCC(=O)O)NC(=O)NCC(=O)NC(C)(C)C. The number of carboxylic acid groups (broad SMARTS) is 1. The van der Waals surface area contributed by atoms with E-state index < -0.39 is 12.0 Å². The van der Waals surface area contributed by atoms with Crippen LogP contribution in [0.15, 0.2) is 0 Å². The van der Waals surface area contributed by atoms with Crippen LogP contribution in [0.1, 0.15) is 47.0 Å². The molecule has 0 bridgehead atoms. The van der Waals surface area contributed by atoms with Crippen LogP contribution in [-0.4, -0.2) is 41.1 Å². The average molecular weight is 287 g/mol. The minimum Gasteiger partial charge on any atom is -0.481 e. The number of aliphatic carboxylic acids is 1. The minimum absolute atomic E-state index is 0.0849. The van der Waals surface area contributed by atoms with E-state index in [1.807, 2.05) is 20.8 Å². The first kappa shape index (κ1) is 18.2. The number of carbonyl (C=O) groups excluding carboxylic acids is 2. The monoisotopic (exact) mass is 287 g/mol. The third kappa shape index (κ3) is 11.3. The highest BCUT2D eigenvalue weighted by atomic mass is 16.4. The highest BCUT2D eigenvalue weighted by molar-refractivity contribution is 5.84. The van der Waals surface area contributed by atoms with Crippen LogP contribution in [-0.2, 0) is 9.59 Å². The van der Waals surface area contributed by atoms with Gasteiger partial charge in [-0.3, -0.25) is 9.59 Å². The summed E-state index contributed by atoms with van der Waals surface area (Å²) in [6.45, 7) is 7.27. The van der Waals surface area contributed by atoms with Crippen LogP contribution in [0.3, 0.4) is 0 Å². The van der Waals surface area contributed by atoms with Crippen LogP contribution in [0.5, 0.6) is 0 Å². The first-order chi connectivity index (χ1) is 9.10. The molecule has 7 nitrogen and oxygen atoms in total. The molecule has 0 aliphatic rings. The minimum atomic E-state index is -0.847. The first-order valence-electron chi connectivity index (χ1n) is 6.67. The quantitative estimate of drug-likeness (QED) is 0.556. The topological polar surface area (TPSA) is 108 Å². The second kappa shape index (κ2) is 8.39. The number of amides is 3. The molecule has 0 saturated heterocycles. The molecule has 4 N–H and O–H groups in total. The number of carboxylic acids is 1. The zero-order valence-corrected chi connectivity index (χ0v) is 12.6. The molecule has 1 unspecified atom stereocenters. The fourth-order valence-electron chi connectivity index (χ4n) is 1.53. The maximum absolute atomic E-state index is 11.5. The Bertz CT molecular complexity index is 350. The van der Waals surface area contributed by atoms with Gasteiger partial charge in [0.25, 0.3) is 0 Å². The molecule has 0 aliphatic heterocycles. The van der Waals surface area contributed by atoms with Gasteiger partial charge < -0.3 is 21.1 Å². The Morgan fingerprint density at radius 2 is 1.80 bits per heavy atom. The number of hydrogen-bond acceptors (Lipinski definition) is 3. The Morgan fingerprint density at radius 3 is 2.30 bits per heavy atom. The van der Waals surface area contributed by atoms with Gasteiger partial charge >= 0.3 is 12.0 Å². The van der Waals surface area contributed by atoms with Gasteiger partial charge in [0, 0.05) is 18.0 Å². The number of hydrogen-bond donors (Lipinski definition) is 4. The molecule has 0 rings (SSSR count). The van der Waals surface area contributed by atoms with Gasteiger partial charge in [0.05, 0.1) is 6.54 Å². The highest BCUT2D eigenvalue weighted by Gasteiger charge is 2.14. The molecule has 0 aliphatic carbocycles. The molecule has 7 heteroatoms. The van der Waals surface area contributed by atoms with Gasteiger partial charge in [0.1, 0.15) is 0 Å². The molecule has 0 aromatic rings. The lowest BCUT2D eigenvalue weighted by atomic mass is 10.1. The highest BCUT2D eigenvalue weighted by Crippen LogP contribution is 2.00. The van der Waals surface area contributed by atoms with Crippen LogP contribution in [0.2, 0.25) is 0 Å². The van der Waals surface area contributed by atoms with Gasteiger partial charge in [0.15, 0.2) is 0 Å². The lowest BCUT2D eigenvalue weighted by molar-refractivity contribution is -0.137. The van der Waals surface area contributed by atoms with Crippen LogP contribution in [0, 0.1) is 0 Å². The molecule has 0 heterocycles. The molecule has 116 valence electrons. The van der Waals surface area contributed by atoms with Crippen LogP contribution in [0.4, 0.5) is 4.79 Å². The summed E-state index contributed by atoms with van der Waals surface area (Å²) in [4.78, 5) is 33.3. The number of urea groups is 1. The van der Waals surface area contributed by atoms with Gasteiger partial charge in [-0.2, -0.15) is 0 Å². The van der Waals surface area contributed by atoms with E-state index in [1.54, 1.807) is 6.92 Å². The summed E-state index contributed by atoms with van der Waals surface area (Å²) >= 11 is 0. The van der Waals surface area contributed by atoms with Gasteiger partial charge in [-0.1, -0.05) is 0 Å². The lowest BCUT2D eigenvalue weighted by Crippen LogP contribution is -2.48. The first-order valence-corrected chi connectivity index (χ1v) is 6.67. The third-order valence-electron chi connectivity index (χ3n) is 2.33. The predicted octanol–water partition coefficient (Wildman–Crippen LogP) is 0.844. The van der Waals surface area contributed by atoms with E-state index in [2.05, 4.69) is 16.0 Å². The van der Waals surface area contributed by atoms with Crippen LogP contribution >= 0.6 is 0 Å². The predicted molar refractivity (Wildman–Crippen MR) is 75.4 cm³/mol. The fraction of sp³-hybridized carbons (Fsp3) is 0.769. The van der Waals surface area contributed by atoms with Crippen molar-refractivity contribution in [2.45, 2.75) is 58.5 Å². The molecular weight excluding hydrogens is 262 g/mol. The Balaban J connectivity index is 3.82. The van der Waals surface area contributed by atoms with E-state index in [4.69, 9.17) is 5.11 Å². The van der Waals surface area contributed by atoms with E-state index in [9.17, 15) is 14.4 Å². The smallest absolute Gasteiger partial charge is 0.315 e. The van der Waals surface area contributed by atoms with Crippen molar-refractivity contribution in [2.24, 2.45) is 0 Å². The molecule has 20 heavy (non-hydrogen) atoms. The third-order valence-corrected chi connectivity index (χ3v) is 2.33. The average Bonchev–Trinajstić information content (AvgIpc) is 2.23. The van der Waals surface area contributed by atoms with Crippen molar-refractivity contribution in [1.29, 1.82) is 0 Å². The zero-order chi connectivity index (χ0) is 15.8. The standard InChI is InChI=1S/C13H25N3O4/c1-9(6-5-7-11(18)19)15-12(20)14-8-10(17)16-13(2,3)4/h9H,5-8H2,1-4H3,(H,16,17)(H,18,19)(H2,14,15,20). The Labute approximate surface area is 119 Å². The molecule has 0 radical (unpaired) electrons. The van der Waals surface area contributed by atoms with Crippen molar-refractivity contribution in [3.8, 4) is 0 Å². The number of carbonyl (C=O) groups is 3. The summed E-state index contributed by atoms with van der Waals surface area (Å²) in [6.07, 6.45) is 1.16. The van der Waals surface area contributed by atoms with Gasteiger partial charge in [0.2, 0.25) is 5.91 Å². The van der Waals surface area contributed by atoms with Gasteiger partial charge in [-0.25, -0.2) is 4.79 Å². The molecule has 0 aromatic carbocycles. The molecular formula is C13H25N3O4. The Kier molecular flexibility index (Phi) is 7.64. The van der Waals surface area contributed by atoms with E-state index in [1.165, 1.54) is 0 Å². The summed E-state index contributed by atoms with van der Waals surface area (Å²) in [6, 6.07) is -0.572. The second-order valence-corrected chi connectivity index (χ2v) is 5.81. The zero-order valence-electron chi connectivity index (χ0n) is 12.6. The second-order valence-electron chi connectivity index (χ2n) is 5.81. The van der Waals surface area contributed by atoms with Crippen LogP contribution < -0.4 is 16.0 Å². The fourth-order valence-corrected chi connectivity index (χ4v) is 1.53. The van der Waals surface area contributed by atoms with Crippen molar-refractivity contribution in [3.05, 3.63) is 0 Å². The number of nitrogens with one attached hydrogen (secondary N) is 3. The van der Waals surface area contributed by atoms with Crippen molar-refractivity contribution in [3.63, 3.8) is 0 Å². The molecule has 0 saturated carbocycles. The lowest BCUT2D eigenvalue weighted by Gasteiger charge is -2.21. The summed E-state index contributed by atoms with van der Waals surface area (Å²) in [5, 5.41) is 16.3. The summed E-state index contributed by atoms with van der Waals surface area (Å²) in [7, 11) is 0. The number of rotatable bonds is 7. The normalized spacial score (nSPS) is 12.4. The van der Waals surface area contributed by atoms with Gasteiger partial charge in [-0.15, -0.1) is 0 Å². The largest absolute Gasteiger partial charge is 0.481 e. The summed E-state index contributed by atoms with van der Waals surface area (Å²) in [5.74, 6) is -1.10. The molecule has 0 aromatic heterocycles. The maximum Gasteiger partial charge on any atom is 0.315 e. The maximum atomic E-state index is 11.5. The van der Waals surface area contributed by atoms with Gasteiger partial charge in [-0.05, 0) is 40.5 Å². The van der Waals surface area contributed by atoms with E-state index in [0.29, 0.717) is 12.8 Å². The van der Waals surface area contributed by atoms with Crippen molar-refractivity contribution >= 4 is 17.9 Å². The van der Waals surface area contributed by atoms with E-state index in [0.717, 1.165) is 0 Å². The molecule has 0 fully saturated rings. The van der Waals surface area contributed by atoms with Crippen molar-refractivity contribution in [2.75, 3.05) is 6.54 Å². The Morgan fingerprint density at radius 1 is 1.20 bits per heavy atom. The molecule has 3 amide bonds. The van der Waals surface area contributed by atoms with E-state index in [-0.39, 0.29) is 30.5 Å².